The largest absolute Gasteiger partial charge is 0.461 e. The van der Waals surface area contributed by atoms with Crippen LogP contribution in [0.15, 0.2) is 34.4 Å². The van der Waals surface area contributed by atoms with Gasteiger partial charge < -0.3 is 23.7 Å². The molecule has 0 aromatic carbocycles. The van der Waals surface area contributed by atoms with Gasteiger partial charge in [-0.25, -0.2) is 9.59 Å². The van der Waals surface area contributed by atoms with Gasteiger partial charge >= 0.3 is 23.9 Å². The Hall–Kier alpha value is -2.94. The normalized spacial score (nSPS) is 33.1. The molecule has 9 heteroatoms. The molecule has 3 aliphatic heterocycles. The Balaban J connectivity index is 2.05. The van der Waals surface area contributed by atoms with Gasteiger partial charge in [0.05, 0.1) is 12.0 Å². The summed E-state index contributed by atoms with van der Waals surface area (Å²) in [5.74, 6) is -3.59. The van der Waals surface area contributed by atoms with Crippen LogP contribution in [0.25, 0.3) is 0 Å². The Morgan fingerprint density at radius 3 is 2.52 bits per heavy atom. The topological polar surface area (TPSA) is 114 Å². The lowest BCUT2D eigenvalue weighted by molar-refractivity contribution is -0.226. The first-order valence-corrected chi connectivity index (χ1v) is 10.9. The summed E-state index contributed by atoms with van der Waals surface area (Å²) in [5.41, 5.74) is 0.874. The van der Waals surface area contributed by atoms with Crippen molar-refractivity contribution in [1.29, 1.82) is 0 Å². The van der Waals surface area contributed by atoms with E-state index >= 15 is 0 Å². The zero-order chi connectivity index (χ0) is 24.6. The Morgan fingerprint density at radius 2 is 1.91 bits per heavy atom. The molecule has 0 N–H and O–H groups in total. The SMILES string of the molecule is C/C=C(\C)C(=O)O[C@H]1C[C@]2(OC(C)=O)O[C@@]1(C)CCC1=C(COC(C)=O)C(=O)O[C@@H]1/C=C/2C. The van der Waals surface area contributed by atoms with Crippen molar-refractivity contribution in [2.75, 3.05) is 6.61 Å². The zero-order valence-electron chi connectivity index (χ0n) is 19.8. The van der Waals surface area contributed by atoms with E-state index in [-0.39, 0.29) is 18.6 Å². The fraction of sp³-hybridized carbons (Fsp3) is 0.583. The van der Waals surface area contributed by atoms with Gasteiger partial charge in [-0.2, -0.15) is 0 Å². The quantitative estimate of drug-likeness (QED) is 0.263. The number of allylic oxidation sites excluding steroid dienone is 1. The van der Waals surface area contributed by atoms with Gasteiger partial charge in [0.25, 0.3) is 0 Å². The molecular weight excluding hydrogens is 432 g/mol. The summed E-state index contributed by atoms with van der Waals surface area (Å²) in [5, 5.41) is 0. The van der Waals surface area contributed by atoms with Crippen LogP contribution < -0.4 is 0 Å². The molecule has 0 aromatic rings. The molecular formula is C24H30O9. The third kappa shape index (κ3) is 4.88. The molecule has 9 nitrogen and oxygen atoms in total. The van der Waals surface area contributed by atoms with E-state index in [1.54, 1.807) is 39.8 Å². The fourth-order valence-corrected chi connectivity index (χ4v) is 4.33. The van der Waals surface area contributed by atoms with Crippen LogP contribution in [-0.4, -0.2) is 54.1 Å². The first-order valence-electron chi connectivity index (χ1n) is 10.9. The van der Waals surface area contributed by atoms with Crippen molar-refractivity contribution in [3.05, 3.63) is 34.4 Å². The number of hydrogen-bond acceptors (Lipinski definition) is 9. The van der Waals surface area contributed by atoms with Gasteiger partial charge in [-0.3, -0.25) is 9.59 Å². The van der Waals surface area contributed by atoms with E-state index in [1.807, 2.05) is 0 Å². The minimum atomic E-state index is -1.48. The monoisotopic (exact) mass is 462 g/mol. The van der Waals surface area contributed by atoms with E-state index in [9.17, 15) is 19.2 Å². The van der Waals surface area contributed by atoms with Crippen molar-refractivity contribution in [3.63, 3.8) is 0 Å². The van der Waals surface area contributed by atoms with E-state index < -0.39 is 47.5 Å². The summed E-state index contributed by atoms with van der Waals surface area (Å²) < 4.78 is 28.4. The lowest BCUT2D eigenvalue weighted by atomic mass is 9.86. The molecule has 2 bridgehead atoms. The summed E-state index contributed by atoms with van der Waals surface area (Å²) in [6.45, 7) is 9.24. The Labute approximate surface area is 192 Å². The molecule has 0 unspecified atom stereocenters. The van der Waals surface area contributed by atoms with Crippen molar-refractivity contribution in [2.45, 2.75) is 84.4 Å². The summed E-state index contributed by atoms with van der Waals surface area (Å²) >= 11 is 0. The summed E-state index contributed by atoms with van der Waals surface area (Å²) in [6.07, 6.45) is 2.72. The second-order valence-corrected chi connectivity index (χ2v) is 8.79. The lowest BCUT2D eigenvalue weighted by Crippen LogP contribution is -2.41. The van der Waals surface area contributed by atoms with Gasteiger partial charge in [-0.1, -0.05) is 6.08 Å². The van der Waals surface area contributed by atoms with E-state index in [2.05, 4.69) is 0 Å². The van der Waals surface area contributed by atoms with Crippen LogP contribution in [0.2, 0.25) is 0 Å². The minimum absolute atomic E-state index is 0.105. The molecule has 180 valence electrons. The Bertz CT molecular complexity index is 972. The van der Waals surface area contributed by atoms with E-state index in [1.165, 1.54) is 13.8 Å². The number of ether oxygens (including phenoxy) is 5. The van der Waals surface area contributed by atoms with Crippen molar-refractivity contribution >= 4 is 23.9 Å². The first kappa shape index (κ1) is 24.7. The second-order valence-electron chi connectivity index (χ2n) is 8.79. The van der Waals surface area contributed by atoms with Gasteiger partial charge in [0, 0.05) is 19.4 Å². The highest BCUT2D eigenvalue weighted by atomic mass is 16.7. The molecule has 0 saturated carbocycles. The molecule has 0 radical (unpaired) electrons. The van der Waals surface area contributed by atoms with E-state index in [0.717, 1.165) is 0 Å². The van der Waals surface area contributed by atoms with Crippen LogP contribution in [0.5, 0.6) is 0 Å². The Morgan fingerprint density at radius 1 is 1.21 bits per heavy atom. The highest BCUT2D eigenvalue weighted by Crippen LogP contribution is 2.49. The van der Waals surface area contributed by atoms with Crippen LogP contribution in [0, 0.1) is 0 Å². The van der Waals surface area contributed by atoms with Gasteiger partial charge in [-0.15, -0.1) is 0 Å². The third-order valence-electron chi connectivity index (χ3n) is 6.37. The molecule has 4 atom stereocenters. The molecule has 33 heavy (non-hydrogen) atoms. The molecule has 1 saturated heterocycles. The number of hydrogen-bond donors (Lipinski definition) is 0. The van der Waals surface area contributed by atoms with Crippen molar-refractivity contribution in [2.24, 2.45) is 0 Å². The summed E-state index contributed by atoms with van der Waals surface area (Å²) in [4.78, 5) is 48.4. The van der Waals surface area contributed by atoms with Gasteiger partial charge in [0.15, 0.2) is 0 Å². The van der Waals surface area contributed by atoms with Gasteiger partial charge in [-0.05, 0) is 57.8 Å². The predicted molar refractivity (Wildman–Crippen MR) is 114 cm³/mol. The average molecular weight is 462 g/mol. The van der Waals surface area contributed by atoms with Crippen molar-refractivity contribution < 1.29 is 42.9 Å². The Kier molecular flexibility index (Phi) is 6.83. The molecule has 0 aromatic heterocycles. The number of carbonyl (C=O) groups excluding carboxylic acids is 4. The van der Waals surface area contributed by atoms with E-state index in [0.29, 0.717) is 29.6 Å². The second kappa shape index (κ2) is 9.13. The molecule has 3 heterocycles. The number of carbonyl (C=O) groups is 4. The number of esters is 4. The smallest absolute Gasteiger partial charge is 0.338 e. The maximum atomic E-state index is 12.5. The molecule has 1 fully saturated rings. The molecule has 0 aliphatic carbocycles. The maximum absolute atomic E-state index is 12.5. The van der Waals surface area contributed by atoms with Gasteiger partial charge in [0.1, 0.15) is 24.4 Å². The maximum Gasteiger partial charge on any atom is 0.338 e. The van der Waals surface area contributed by atoms with Gasteiger partial charge in [0.2, 0.25) is 5.79 Å². The zero-order valence-corrected chi connectivity index (χ0v) is 19.8. The van der Waals surface area contributed by atoms with Crippen LogP contribution >= 0.6 is 0 Å². The van der Waals surface area contributed by atoms with Crippen LogP contribution in [-0.2, 0) is 42.9 Å². The molecule has 3 aliphatic rings. The van der Waals surface area contributed by atoms with Crippen molar-refractivity contribution in [3.8, 4) is 0 Å². The number of rotatable bonds is 5. The molecule has 0 spiro atoms. The van der Waals surface area contributed by atoms with Crippen LogP contribution in [0.1, 0.15) is 60.8 Å². The highest BCUT2D eigenvalue weighted by molar-refractivity contribution is 5.93. The van der Waals surface area contributed by atoms with Crippen LogP contribution in [0.3, 0.4) is 0 Å². The average Bonchev–Trinajstić information content (AvgIpc) is 3.17. The summed E-state index contributed by atoms with van der Waals surface area (Å²) in [7, 11) is 0. The minimum Gasteiger partial charge on any atom is -0.461 e. The first-order chi connectivity index (χ1) is 15.4. The fourth-order valence-electron chi connectivity index (χ4n) is 4.33. The van der Waals surface area contributed by atoms with Crippen molar-refractivity contribution in [1.82, 2.24) is 0 Å². The standard InChI is InChI=1S/C24H30O9/c1-7-13(2)21(27)31-20-11-24(32-16(5)26)14(3)10-19-17(8-9-23(20,6)33-24)18(22(28)30-19)12-29-15(4)25/h7,10,19-20H,8-9,11-12H2,1-6H3/b13-7+,14-10+/t19-,20+,23+,24+/m1/s1. The van der Waals surface area contributed by atoms with Crippen LogP contribution in [0.4, 0.5) is 0 Å². The molecule has 3 rings (SSSR count). The summed E-state index contributed by atoms with van der Waals surface area (Å²) in [6, 6.07) is 0. The lowest BCUT2D eigenvalue weighted by Gasteiger charge is -2.33. The van der Waals surface area contributed by atoms with E-state index in [4.69, 9.17) is 23.7 Å². The third-order valence-corrected chi connectivity index (χ3v) is 6.37. The number of fused-ring (bicyclic) bond motifs is 3. The predicted octanol–water partition coefficient (Wildman–Crippen LogP) is 2.83. The highest BCUT2D eigenvalue weighted by Gasteiger charge is 2.59. The molecule has 0 amide bonds.